The molecule has 0 heterocycles. The summed E-state index contributed by atoms with van der Waals surface area (Å²) in [6.45, 7) is 0.648. The Kier molecular flexibility index (Phi) is 4.86. The molecule has 4 heteroatoms. The molecule has 0 aliphatic heterocycles. The Hall–Kier alpha value is -2.85. The van der Waals surface area contributed by atoms with Gasteiger partial charge in [0, 0.05) is 12.2 Å². The first-order chi connectivity index (χ1) is 11.3. The van der Waals surface area contributed by atoms with E-state index in [-0.39, 0.29) is 5.82 Å². The highest BCUT2D eigenvalue weighted by Gasteiger charge is 2.00. The molecule has 0 aliphatic rings. The Morgan fingerprint density at radius 1 is 0.783 bits per heavy atom. The molecule has 0 radical (unpaired) electrons. The van der Waals surface area contributed by atoms with Gasteiger partial charge in [-0.1, -0.05) is 30.3 Å². The van der Waals surface area contributed by atoms with Gasteiger partial charge in [0.2, 0.25) is 0 Å². The van der Waals surface area contributed by atoms with Crippen LogP contribution in [-0.2, 0) is 6.54 Å². The van der Waals surface area contributed by atoms with E-state index in [0.717, 1.165) is 17.0 Å². The van der Waals surface area contributed by atoms with Crippen LogP contribution < -0.4 is 15.6 Å². The van der Waals surface area contributed by atoms with E-state index in [4.69, 9.17) is 4.74 Å². The first-order valence-corrected chi connectivity index (χ1v) is 7.36. The van der Waals surface area contributed by atoms with Gasteiger partial charge in [0.25, 0.3) is 0 Å². The highest BCUT2D eigenvalue weighted by molar-refractivity contribution is 5.41. The Labute approximate surface area is 134 Å². The van der Waals surface area contributed by atoms with E-state index < -0.39 is 0 Å². The minimum atomic E-state index is -0.276. The molecule has 0 aliphatic carbocycles. The molecule has 116 valence electrons. The second-order valence-corrected chi connectivity index (χ2v) is 5.05. The number of halogens is 1. The van der Waals surface area contributed by atoms with Crippen LogP contribution in [0.5, 0.6) is 11.5 Å². The Bertz CT molecular complexity index is 745. The molecule has 0 unspecified atom stereocenters. The van der Waals surface area contributed by atoms with Gasteiger partial charge in [-0.2, -0.15) is 0 Å². The number of hydrogen-bond donors (Lipinski definition) is 2. The van der Waals surface area contributed by atoms with Crippen molar-refractivity contribution < 1.29 is 9.13 Å². The van der Waals surface area contributed by atoms with Gasteiger partial charge in [-0.05, 0) is 54.1 Å². The highest BCUT2D eigenvalue weighted by Crippen LogP contribution is 2.22. The van der Waals surface area contributed by atoms with Crippen LogP contribution >= 0.6 is 0 Å². The van der Waals surface area contributed by atoms with Crippen molar-refractivity contribution in [3.05, 3.63) is 90.2 Å². The fourth-order valence-corrected chi connectivity index (χ4v) is 2.13. The molecule has 3 aromatic rings. The zero-order valence-corrected chi connectivity index (χ0v) is 12.5. The van der Waals surface area contributed by atoms with Gasteiger partial charge in [-0.3, -0.25) is 0 Å². The highest BCUT2D eigenvalue weighted by atomic mass is 19.1. The van der Waals surface area contributed by atoms with E-state index in [0.29, 0.717) is 12.3 Å². The number of nitrogens with one attached hydrogen (secondary N) is 2. The third-order valence-corrected chi connectivity index (χ3v) is 3.25. The van der Waals surface area contributed by atoms with Crippen LogP contribution in [0.15, 0.2) is 78.9 Å². The van der Waals surface area contributed by atoms with Gasteiger partial charge < -0.3 is 10.2 Å². The molecule has 23 heavy (non-hydrogen) atoms. The van der Waals surface area contributed by atoms with Crippen molar-refractivity contribution in [2.45, 2.75) is 6.54 Å². The zero-order chi connectivity index (χ0) is 15.9. The van der Waals surface area contributed by atoms with Gasteiger partial charge >= 0.3 is 0 Å². The van der Waals surface area contributed by atoms with Crippen molar-refractivity contribution >= 4 is 5.69 Å². The number of rotatable bonds is 6. The van der Waals surface area contributed by atoms with E-state index in [9.17, 15) is 4.39 Å². The van der Waals surface area contributed by atoms with Crippen LogP contribution in [-0.4, -0.2) is 0 Å². The van der Waals surface area contributed by atoms with Gasteiger partial charge in [0.1, 0.15) is 17.3 Å². The number of ether oxygens (including phenoxy) is 1. The summed E-state index contributed by atoms with van der Waals surface area (Å²) >= 11 is 0. The molecule has 0 amide bonds. The van der Waals surface area contributed by atoms with Gasteiger partial charge in [0.05, 0.1) is 0 Å². The number of para-hydroxylation sites is 1. The summed E-state index contributed by atoms with van der Waals surface area (Å²) in [5, 5.41) is 0. The number of benzene rings is 3. The maximum absolute atomic E-state index is 12.9. The minimum absolute atomic E-state index is 0.276. The van der Waals surface area contributed by atoms with E-state index in [1.807, 2.05) is 54.6 Å². The summed E-state index contributed by atoms with van der Waals surface area (Å²) in [5.41, 5.74) is 8.38. The van der Waals surface area contributed by atoms with Crippen molar-refractivity contribution in [1.82, 2.24) is 5.43 Å². The lowest BCUT2D eigenvalue weighted by molar-refractivity contribution is 0.479. The fraction of sp³-hybridized carbons (Fsp3) is 0.0526. The van der Waals surface area contributed by atoms with Crippen LogP contribution in [0.4, 0.5) is 10.1 Å². The molecule has 2 N–H and O–H groups in total. The average molecular weight is 308 g/mol. The SMILES string of the molecule is Fc1ccc(Oc2cccc(CNNc3ccccc3)c2)cc1. The molecule has 0 saturated heterocycles. The van der Waals surface area contributed by atoms with Crippen LogP contribution in [0.3, 0.4) is 0 Å². The average Bonchev–Trinajstić information content (AvgIpc) is 2.58. The molecular weight excluding hydrogens is 291 g/mol. The minimum Gasteiger partial charge on any atom is -0.457 e. The summed E-state index contributed by atoms with van der Waals surface area (Å²) in [4.78, 5) is 0. The molecule has 0 bridgehead atoms. The van der Waals surface area contributed by atoms with E-state index in [1.54, 1.807) is 12.1 Å². The van der Waals surface area contributed by atoms with E-state index >= 15 is 0 Å². The Morgan fingerprint density at radius 3 is 2.35 bits per heavy atom. The van der Waals surface area contributed by atoms with Crippen molar-refractivity contribution in [3.63, 3.8) is 0 Å². The maximum Gasteiger partial charge on any atom is 0.127 e. The van der Waals surface area contributed by atoms with Crippen LogP contribution in [0.25, 0.3) is 0 Å². The van der Waals surface area contributed by atoms with Gasteiger partial charge in [0.15, 0.2) is 0 Å². The molecule has 0 fully saturated rings. The number of anilines is 1. The quantitative estimate of drug-likeness (QED) is 0.646. The lowest BCUT2D eigenvalue weighted by Gasteiger charge is -2.10. The first-order valence-electron chi connectivity index (χ1n) is 7.36. The lowest BCUT2D eigenvalue weighted by atomic mass is 10.2. The summed E-state index contributed by atoms with van der Waals surface area (Å²) in [6.07, 6.45) is 0. The molecule has 0 aromatic heterocycles. The first kappa shape index (κ1) is 15.1. The topological polar surface area (TPSA) is 33.3 Å². The molecule has 0 saturated carbocycles. The van der Waals surface area contributed by atoms with Crippen LogP contribution in [0.2, 0.25) is 0 Å². The van der Waals surface area contributed by atoms with Crippen molar-refractivity contribution in [3.8, 4) is 11.5 Å². The largest absolute Gasteiger partial charge is 0.457 e. The normalized spacial score (nSPS) is 10.3. The lowest BCUT2D eigenvalue weighted by Crippen LogP contribution is -2.20. The molecule has 3 aromatic carbocycles. The zero-order valence-electron chi connectivity index (χ0n) is 12.5. The predicted molar refractivity (Wildman–Crippen MR) is 89.8 cm³/mol. The monoisotopic (exact) mass is 308 g/mol. The van der Waals surface area contributed by atoms with E-state index in [1.165, 1.54) is 12.1 Å². The Morgan fingerprint density at radius 2 is 1.57 bits per heavy atom. The number of hydrogen-bond acceptors (Lipinski definition) is 3. The van der Waals surface area contributed by atoms with E-state index in [2.05, 4.69) is 10.9 Å². The maximum atomic E-state index is 12.9. The third kappa shape index (κ3) is 4.56. The van der Waals surface area contributed by atoms with Crippen LogP contribution in [0, 0.1) is 5.82 Å². The fourth-order valence-electron chi connectivity index (χ4n) is 2.13. The second kappa shape index (κ2) is 7.42. The number of hydrazine groups is 1. The summed E-state index contributed by atoms with van der Waals surface area (Å²) in [5.74, 6) is 1.05. The smallest absolute Gasteiger partial charge is 0.127 e. The molecule has 0 atom stereocenters. The summed E-state index contributed by atoms with van der Waals surface area (Å²) < 4.78 is 18.6. The van der Waals surface area contributed by atoms with Crippen molar-refractivity contribution in [2.75, 3.05) is 5.43 Å². The molecule has 0 spiro atoms. The van der Waals surface area contributed by atoms with Gasteiger partial charge in [-0.15, -0.1) is 0 Å². The Balaban J connectivity index is 1.57. The summed E-state index contributed by atoms with van der Waals surface area (Å²) in [6, 6.07) is 23.6. The summed E-state index contributed by atoms with van der Waals surface area (Å²) in [7, 11) is 0. The van der Waals surface area contributed by atoms with Crippen molar-refractivity contribution in [1.29, 1.82) is 0 Å². The molecule has 3 rings (SSSR count). The van der Waals surface area contributed by atoms with Crippen LogP contribution in [0.1, 0.15) is 5.56 Å². The molecule has 3 nitrogen and oxygen atoms in total. The standard InChI is InChI=1S/C19H17FN2O/c20-16-9-11-18(12-10-16)23-19-8-4-5-15(13-19)14-21-22-17-6-2-1-3-7-17/h1-13,21-22H,14H2. The van der Waals surface area contributed by atoms with Crippen molar-refractivity contribution in [2.24, 2.45) is 0 Å². The predicted octanol–water partition coefficient (Wildman–Crippen LogP) is 4.73. The van der Waals surface area contributed by atoms with Gasteiger partial charge in [-0.25, -0.2) is 9.82 Å². The third-order valence-electron chi connectivity index (χ3n) is 3.25. The second-order valence-electron chi connectivity index (χ2n) is 5.05. The molecular formula is C19H17FN2O.